The lowest BCUT2D eigenvalue weighted by Crippen LogP contribution is -2.35. The number of nitrogens with zero attached hydrogens (tertiary/aromatic N) is 1. The monoisotopic (exact) mass is 196 g/mol. The Morgan fingerprint density at radius 2 is 2.07 bits per heavy atom. The van der Waals surface area contributed by atoms with Crippen LogP contribution < -0.4 is 5.32 Å². The van der Waals surface area contributed by atoms with E-state index in [0.29, 0.717) is 12.8 Å². The van der Waals surface area contributed by atoms with Gasteiger partial charge in [0, 0.05) is 0 Å². The Bertz CT molecular complexity index is 282. The molecule has 2 N–H and O–H groups in total. The van der Waals surface area contributed by atoms with E-state index in [4.69, 9.17) is 10.4 Å². The highest BCUT2D eigenvalue weighted by atomic mass is 16.4. The fourth-order valence-corrected chi connectivity index (χ4v) is 1.83. The molecule has 1 aliphatic carbocycles. The largest absolute Gasteiger partial charge is 0.481 e. The van der Waals surface area contributed by atoms with Gasteiger partial charge in [0.1, 0.15) is 6.54 Å². The molecule has 1 saturated carbocycles. The van der Waals surface area contributed by atoms with Crippen molar-refractivity contribution in [3.05, 3.63) is 0 Å². The lowest BCUT2D eigenvalue weighted by atomic mass is 9.95. The highest BCUT2D eigenvalue weighted by molar-refractivity contribution is 5.85. The van der Waals surface area contributed by atoms with Gasteiger partial charge in [-0.05, 0) is 12.8 Å². The van der Waals surface area contributed by atoms with Crippen LogP contribution in [0.15, 0.2) is 0 Å². The van der Waals surface area contributed by atoms with Gasteiger partial charge >= 0.3 is 5.97 Å². The van der Waals surface area contributed by atoms with Crippen molar-refractivity contribution >= 4 is 11.9 Å². The van der Waals surface area contributed by atoms with Gasteiger partial charge in [0.05, 0.1) is 17.9 Å². The minimum atomic E-state index is -0.917. The Kier molecular flexibility index (Phi) is 3.46. The molecule has 14 heavy (non-hydrogen) atoms. The molecule has 0 aromatic carbocycles. The first-order valence-electron chi connectivity index (χ1n) is 4.54. The van der Waals surface area contributed by atoms with Crippen molar-refractivity contribution in [2.75, 3.05) is 6.54 Å². The van der Waals surface area contributed by atoms with Gasteiger partial charge in [-0.3, -0.25) is 9.59 Å². The molecule has 0 heterocycles. The number of hydrogen-bond donors (Lipinski definition) is 2. The first-order chi connectivity index (χ1) is 6.66. The fraction of sp³-hybridized carbons (Fsp3) is 0.667. The van der Waals surface area contributed by atoms with Gasteiger partial charge in [0.2, 0.25) is 5.91 Å². The number of nitriles is 1. The van der Waals surface area contributed by atoms with Crippen molar-refractivity contribution in [3.63, 3.8) is 0 Å². The average molecular weight is 196 g/mol. The van der Waals surface area contributed by atoms with Gasteiger partial charge in [0.25, 0.3) is 0 Å². The number of nitrogens with one attached hydrogen (secondary N) is 1. The van der Waals surface area contributed by atoms with Crippen LogP contribution in [0.2, 0.25) is 0 Å². The zero-order chi connectivity index (χ0) is 10.6. The summed E-state index contributed by atoms with van der Waals surface area (Å²) in [5.74, 6) is -2.26. The highest BCUT2D eigenvalue weighted by Crippen LogP contribution is 2.31. The second kappa shape index (κ2) is 4.61. The molecule has 2 atom stereocenters. The maximum atomic E-state index is 11.4. The van der Waals surface area contributed by atoms with E-state index in [0.717, 1.165) is 6.42 Å². The molecular weight excluding hydrogens is 184 g/mol. The zero-order valence-electron chi connectivity index (χ0n) is 7.69. The smallest absolute Gasteiger partial charge is 0.307 e. The standard InChI is InChI=1S/C9H12N2O3/c10-4-5-11-8(12)6-2-1-3-7(6)9(13)14/h6-7H,1-3,5H2,(H,11,12)(H,13,14)/t6-,7-/m1/s1. The maximum absolute atomic E-state index is 11.4. The van der Waals surface area contributed by atoms with Crippen molar-refractivity contribution in [3.8, 4) is 6.07 Å². The molecule has 1 fully saturated rings. The number of hydrogen-bond acceptors (Lipinski definition) is 3. The summed E-state index contributed by atoms with van der Waals surface area (Å²) >= 11 is 0. The molecule has 0 aliphatic heterocycles. The van der Waals surface area contributed by atoms with Crippen LogP contribution >= 0.6 is 0 Å². The summed E-state index contributed by atoms with van der Waals surface area (Å²) in [4.78, 5) is 22.1. The minimum Gasteiger partial charge on any atom is -0.481 e. The molecule has 1 aliphatic rings. The number of carboxylic acid groups (broad SMARTS) is 1. The molecule has 0 radical (unpaired) electrons. The third kappa shape index (κ3) is 2.22. The fourth-order valence-electron chi connectivity index (χ4n) is 1.83. The summed E-state index contributed by atoms with van der Waals surface area (Å²) < 4.78 is 0. The lowest BCUT2D eigenvalue weighted by Gasteiger charge is -2.13. The second-order valence-corrected chi connectivity index (χ2v) is 3.36. The van der Waals surface area contributed by atoms with E-state index in [9.17, 15) is 9.59 Å². The van der Waals surface area contributed by atoms with E-state index in [2.05, 4.69) is 5.32 Å². The molecule has 0 bridgehead atoms. The summed E-state index contributed by atoms with van der Waals surface area (Å²) in [6, 6.07) is 1.79. The maximum Gasteiger partial charge on any atom is 0.307 e. The molecule has 76 valence electrons. The second-order valence-electron chi connectivity index (χ2n) is 3.36. The van der Waals surface area contributed by atoms with Crippen LogP contribution in [0.1, 0.15) is 19.3 Å². The molecule has 0 unspecified atom stereocenters. The minimum absolute atomic E-state index is 0.0539. The predicted molar refractivity (Wildman–Crippen MR) is 47.1 cm³/mol. The molecule has 0 aromatic rings. The van der Waals surface area contributed by atoms with Crippen molar-refractivity contribution in [1.82, 2.24) is 5.32 Å². The first kappa shape index (κ1) is 10.5. The van der Waals surface area contributed by atoms with E-state index >= 15 is 0 Å². The van der Waals surface area contributed by atoms with Crippen LogP contribution in [0.4, 0.5) is 0 Å². The molecule has 5 nitrogen and oxygen atoms in total. The summed E-state index contributed by atoms with van der Waals surface area (Å²) in [5.41, 5.74) is 0. The van der Waals surface area contributed by atoms with Crippen molar-refractivity contribution in [2.24, 2.45) is 11.8 Å². The highest BCUT2D eigenvalue weighted by Gasteiger charge is 2.37. The normalized spacial score (nSPS) is 25.4. The topological polar surface area (TPSA) is 90.2 Å². The molecule has 5 heteroatoms. The number of rotatable bonds is 3. The molecule has 0 saturated heterocycles. The molecule has 0 aromatic heterocycles. The Labute approximate surface area is 81.7 Å². The Hall–Kier alpha value is -1.57. The van der Waals surface area contributed by atoms with Crippen molar-refractivity contribution < 1.29 is 14.7 Å². The van der Waals surface area contributed by atoms with Gasteiger partial charge in [-0.2, -0.15) is 5.26 Å². The van der Waals surface area contributed by atoms with Crippen LogP contribution in [-0.2, 0) is 9.59 Å². The number of carbonyl (C=O) groups excluding carboxylic acids is 1. The Morgan fingerprint density at radius 1 is 1.43 bits per heavy atom. The number of carboxylic acids is 1. The molecule has 1 amide bonds. The molecule has 1 rings (SSSR count). The van der Waals surface area contributed by atoms with Gasteiger partial charge in [-0.15, -0.1) is 0 Å². The molecule has 0 spiro atoms. The Morgan fingerprint density at radius 3 is 2.64 bits per heavy atom. The lowest BCUT2D eigenvalue weighted by molar-refractivity contribution is -0.146. The van der Waals surface area contributed by atoms with Gasteiger partial charge < -0.3 is 10.4 Å². The van der Waals surface area contributed by atoms with Gasteiger partial charge in [-0.25, -0.2) is 0 Å². The predicted octanol–water partition coefficient (Wildman–Crippen LogP) is 0.127. The van der Waals surface area contributed by atoms with Crippen LogP contribution in [-0.4, -0.2) is 23.5 Å². The third-order valence-electron chi connectivity index (χ3n) is 2.51. The summed E-state index contributed by atoms with van der Waals surface area (Å²) in [5, 5.41) is 19.5. The average Bonchev–Trinajstić information content (AvgIpc) is 2.62. The quantitative estimate of drug-likeness (QED) is 0.627. The van der Waals surface area contributed by atoms with E-state index < -0.39 is 17.8 Å². The third-order valence-corrected chi connectivity index (χ3v) is 2.51. The number of amides is 1. The van der Waals surface area contributed by atoms with Crippen LogP contribution in [0.5, 0.6) is 0 Å². The van der Waals surface area contributed by atoms with Crippen molar-refractivity contribution in [1.29, 1.82) is 5.26 Å². The van der Waals surface area contributed by atoms with Crippen LogP contribution in [0.3, 0.4) is 0 Å². The van der Waals surface area contributed by atoms with Gasteiger partial charge in [0.15, 0.2) is 0 Å². The van der Waals surface area contributed by atoms with E-state index in [-0.39, 0.29) is 12.5 Å². The van der Waals surface area contributed by atoms with E-state index in [1.54, 1.807) is 6.07 Å². The van der Waals surface area contributed by atoms with Crippen molar-refractivity contribution in [2.45, 2.75) is 19.3 Å². The molecular formula is C9H12N2O3. The van der Waals surface area contributed by atoms with E-state index in [1.807, 2.05) is 0 Å². The SMILES string of the molecule is N#CCNC(=O)[C@@H]1CCC[C@H]1C(=O)O. The first-order valence-corrected chi connectivity index (χ1v) is 4.54. The summed E-state index contributed by atoms with van der Waals surface area (Å²) in [6.07, 6.45) is 1.93. The summed E-state index contributed by atoms with van der Waals surface area (Å²) in [6.45, 7) is -0.0539. The van der Waals surface area contributed by atoms with Crippen LogP contribution in [0, 0.1) is 23.2 Å². The van der Waals surface area contributed by atoms with Crippen LogP contribution in [0.25, 0.3) is 0 Å². The zero-order valence-corrected chi connectivity index (χ0v) is 7.69. The summed E-state index contributed by atoms with van der Waals surface area (Å²) in [7, 11) is 0. The number of carbonyl (C=O) groups is 2. The van der Waals surface area contributed by atoms with E-state index in [1.165, 1.54) is 0 Å². The Balaban J connectivity index is 2.54. The van der Waals surface area contributed by atoms with Gasteiger partial charge in [-0.1, -0.05) is 6.42 Å². The number of aliphatic carboxylic acids is 1.